The van der Waals surface area contributed by atoms with E-state index in [9.17, 15) is 13.6 Å². The minimum atomic E-state index is -1.48. The number of allylic oxidation sites excluding steroid dienone is 1. The number of amides is 1. The summed E-state index contributed by atoms with van der Waals surface area (Å²) in [6.07, 6.45) is -1.37. The third-order valence-corrected chi connectivity index (χ3v) is 2.47. The van der Waals surface area contributed by atoms with Crippen LogP contribution < -0.4 is 5.73 Å². The Hall–Kier alpha value is -1.71. The Morgan fingerprint density at radius 2 is 2.07 bits per heavy atom. The van der Waals surface area contributed by atoms with Crippen LogP contribution in [0, 0.1) is 0 Å². The molecule has 0 saturated heterocycles. The topological polar surface area (TPSA) is 43.1 Å². The van der Waals surface area contributed by atoms with E-state index in [0.717, 1.165) is 0 Å². The molecule has 1 aliphatic carbocycles. The summed E-state index contributed by atoms with van der Waals surface area (Å²) in [4.78, 5) is 10.7. The molecule has 15 heavy (non-hydrogen) atoms. The maximum atomic E-state index is 13.5. The maximum Gasteiger partial charge on any atom is 0.277 e. The van der Waals surface area contributed by atoms with Gasteiger partial charge in [0.2, 0.25) is 0 Å². The van der Waals surface area contributed by atoms with Gasteiger partial charge in [-0.1, -0.05) is 24.3 Å². The molecule has 1 aliphatic rings. The normalized spacial score (nSPS) is 22.4. The Morgan fingerprint density at radius 3 is 2.73 bits per heavy atom. The standard InChI is InChI=1S/C11H9F2NO/c12-8-5-6-3-1-2-4-7(6)9(8)10(13)11(14)15/h1-4,8H,5H2,(H2,14,15)/b10-9+. The predicted octanol–water partition coefficient (Wildman–Crippen LogP) is 1.75. The van der Waals surface area contributed by atoms with Gasteiger partial charge in [0.25, 0.3) is 5.91 Å². The summed E-state index contributed by atoms with van der Waals surface area (Å²) in [5.41, 5.74) is 5.74. The zero-order valence-electron chi connectivity index (χ0n) is 7.84. The van der Waals surface area contributed by atoms with Gasteiger partial charge >= 0.3 is 0 Å². The highest BCUT2D eigenvalue weighted by atomic mass is 19.1. The van der Waals surface area contributed by atoms with Crippen molar-refractivity contribution in [3.8, 4) is 0 Å². The van der Waals surface area contributed by atoms with Gasteiger partial charge in [0.15, 0.2) is 5.83 Å². The molecule has 0 saturated carbocycles. The van der Waals surface area contributed by atoms with Crippen molar-refractivity contribution in [3.63, 3.8) is 0 Å². The lowest BCUT2D eigenvalue weighted by molar-refractivity contribution is -0.115. The molecule has 0 heterocycles. The van der Waals surface area contributed by atoms with Crippen LogP contribution in [0.15, 0.2) is 30.1 Å². The van der Waals surface area contributed by atoms with Crippen molar-refractivity contribution >= 4 is 11.5 Å². The van der Waals surface area contributed by atoms with Crippen LogP contribution in [0.3, 0.4) is 0 Å². The van der Waals surface area contributed by atoms with Gasteiger partial charge in [-0.2, -0.15) is 0 Å². The molecule has 78 valence electrons. The maximum absolute atomic E-state index is 13.5. The summed E-state index contributed by atoms with van der Waals surface area (Å²) in [5, 5.41) is 0. The minimum absolute atomic E-state index is 0.103. The van der Waals surface area contributed by atoms with Gasteiger partial charge in [0, 0.05) is 12.0 Å². The number of benzene rings is 1. The lowest BCUT2D eigenvalue weighted by Gasteiger charge is -2.03. The van der Waals surface area contributed by atoms with E-state index in [1.54, 1.807) is 24.3 Å². The fourth-order valence-corrected chi connectivity index (χ4v) is 1.81. The van der Waals surface area contributed by atoms with E-state index in [1.165, 1.54) is 0 Å². The summed E-state index contributed by atoms with van der Waals surface area (Å²) in [7, 11) is 0. The number of carbonyl (C=O) groups excluding carboxylic acids is 1. The van der Waals surface area contributed by atoms with Crippen LogP contribution in [0.2, 0.25) is 0 Å². The number of primary amides is 1. The summed E-state index contributed by atoms with van der Waals surface area (Å²) in [6, 6.07) is 6.72. The zero-order valence-corrected chi connectivity index (χ0v) is 7.84. The second kappa shape index (κ2) is 3.46. The van der Waals surface area contributed by atoms with E-state index in [2.05, 4.69) is 0 Å². The summed E-state index contributed by atoms with van der Waals surface area (Å²) in [5.74, 6) is -2.39. The summed E-state index contributed by atoms with van der Waals surface area (Å²) in [6.45, 7) is 0. The van der Waals surface area contributed by atoms with Crippen LogP contribution in [0.1, 0.15) is 11.1 Å². The second-order valence-electron chi connectivity index (χ2n) is 3.42. The van der Waals surface area contributed by atoms with Gasteiger partial charge in [-0.15, -0.1) is 0 Å². The molecule has 4 heteroatoms. The Balaban J connectivity index is 2.60. The molecular weight excluding hydrogens is 200 g/mol. The highest BCUT2D eigenvalue weighted by Gasteiger charge is 2.31. The van der Waals surface area contributed by atoms with Crippen LogP contribution in [0.25, 0.3) is 5.57 Å². The molecule has 1 amide bonds. The highest BCUT2D eigenvalue weighted by molar-refractivity contribution is 6.00. The van der Waals surface area contributed by atoms with Crippen molar-refractivity contribution in [1.82, 2.24) is 0 Å². The van der Waals surface area contributed by atoms with E-state index in [1.807, 2.05) is 0 Å². The average molecular weight is 209 g/mol. The average Bonchev–Trinajstić information content (AvgIpc) is 2.52. The predicted molar refractivity (Wildman–Crippen MR) is 52.3 cm³/mol. The summed E-state index contributed by atoms with van der Waals surface area (Å²) >= 11 is 0. The quantitative estimate of drug-likeness (QED) is 0.703. The SMILES string of the molecule is NC(=O)/C(F)=C1/c2ccccc2CC1F. The molecule has 1 aromatic rings. The van der Waals surface area contributed by atoms with Gasteiger partial charge < -0.3 is 5.73 Å². The van der Waals surface area contributed by atoms with Crippen molar-refractivity contribution in [1.29, 1.82) is 0 Å². The fourth-order valence-electron chi connectivity index (χ4n) is 1.81. The first kappa shape index (κ1) is 9.83. The van der Waals surface area contributed by atoms with Crippen LogP contribution >= 0.6 is 0 Å². The largest absolute Gasteiger partial charge is 0.364 e. The first-order chi connectivity index (χ1) is 7.11. The molecule has 0 bridgehead atoms. The van der Waals surface area contributed by atoms with Crippen LogP contribution in [-0.4, -0.2) is 12.1 Å². The van der Waals surface area contributed by atoms with Crippen molar-refractivity contribution in [2.24, 2.45) is 5.73 Å². The molecule has 2 rings (SSSR count). The van der Waals surface area contributed by atoms with E-state index < -0.39 is 17.9 Å². The molecule has 1 unspecified atom stereocenters. The molecule has 0 aliphatic heterocycles. The van der Waals surface area contributed by atoms with Crippen LogP contribution in [-0.2, 0) is 11.2 Å². The van der Waals surface area contributed by atoms with Crippen molar-refractivity contribution in [3.05, 3.63) is 41.2 Å². The van der Waals surface area contributed by atoms with Gasteiger partial charge in [-0.25, -0.2) is 8.78 Å². The van der Waals surface area contributed by atoms with Gasteiger partial charge in [0.1, 0.15) is 6.17 Å². The molecule has 2 N–H and O–H groups in total. The number of hydrogen-bond donors (Lipinski definition) is 1. The number of rotatable bonds is 1. The second-order valence-corrected chi connectivity index (χ2v) is 3.42. The Bertz CT molecular complexity index is 454. The number of alkyl halides is 1. The van der Waals surface area contributed by atoms with Crippen LogP contribution in [0.5, 0.6) is 0 Å². The molecule has 0 aromatic heterocycles. The minimum Gasteiger partial charge on any atom is -0.364 e. The fraction of sp³-hybridized carbons (Fsp3) is 0.182. The number of nitrogens with two attached hydrogens (primary N) is 1. The monoisotopic (exact) mass is 209 g/mol. The first-order valence-electron chi connectivity index (χ1n) is 4.53. The molecular formula is C11H9F2NO. The van der Waals surface area contributed by atoms with E-state index >= 15 is 0 Å². The first-order valence-corrected chi connectivity index (χ1v) is 4.53. The highest BCUT2D eigenvalue weighted by Crippen LogP contribution is 2.36. The van der Waals surface area contributed by atoms with Crippen molar-refractivity contribution < 1.29 is 13.6 Å². The number of hydrogen-bond acceptors (Lipinski definition) is 1. The van der Waals surface area contributed by atoms with Gasteiger partial charge in [-0.05, 0) is 11.1 Å². The van der Waals surface area contributed by atoms with Gasteiger partial charge in [-0.3, -0.25) is 4.79 Å². The summed E-state index contributed by atoms with van der Waals surface area (Å²) < 4.78 is 26.8. The molecule has 0 fully saturated rings. The molecule has 1 aromatic carbocycles. The smallest absolute Gasteiger partial charge is 0.277 e. The zero-order chi connectivity index (χ0) is 11.0. The third-order valence-electron chi connectivity index (χ3n) is 2.47. The number of fused-ring (bicyclic) bond motifs is 1. The lowest BCUT2D eigenvalue weighted by Crippen LogP contribution is -2.14. The number of carbonyl (C=O) groups is 1. The molecule has 1 atom stereocenters. The lowest BCUT2D eigenvalue weighted by atomic mass is 10.1. The Labute approximate surface area is 85.4 Å². The van der Waals surface area contributed by atoms with E-state index in [-0.39, 0.29) is 12.0 Å². The molecule has 2 nitrogen and oxygen atoms in total. The van der Waals surface area contributed by atoms with Crippen molar-refractivity contribution in [2.45, 2.75) is 12.6 Å². The number of halogens is 2. The van der Waals surface area contributed by atoms with Crippen molar-refractivity contribution in [2.75, 3.05) is 0 Å². The third kappa shape index (κ3) is 1.52. The Kier molecular flexibility index (Phi) is 2.26. The molecule has 0 radical (unpaired) electrons. The van der Waals surface area contributed by atoms with E-state index in [0.29, 0.717) is 11.1 Å². The van der Waals surface area contributed by atoms with Gasteiger partial charge in [0.05, 0.1) is 0 Å². The Morgan fingerprint density at radius 1 is 1.40 bits per heavy atom. The molecule has 0 spiro atoms. The van der Waals surface area contributed by atoms with Crippen LogP contribution in [0.4, 0.5) is 8.78 Å². The van der Waals surface area contributed by atoms with E-state index in [4.69, 9.17) is 5.73 Å².